The fraction of sp³-hybridized carbons (Fsp3) is 0.800. The van der Waals surface area contributed by atoms with Gasteiger partial charge >= 0.3 is 7.12 Å². The van der Waals surface area contributed by atoms with E-state index in [0.29, 0.717) is 0 Å². The Kier molecular flexibility index (Phi) is 5.12. The van der Waals surface area contributed by atoms with E-state index in [2.05, 4.69) is 6.92 Å². The molecule has 0 saturated heterocycles. The quantitative estimate of drug-likeness (QED) is 0.508. The maximum Gasteiger partial charge on any atom is 0.456 e. The summed E-state index contributed by atoms with van der Waals surface area (Å²) in [6, 6.07) is 0. The predicted octanol–water partition coefficient (Wildman–Crippen LogP) is 0.992. The van der Waals surface area contributed by atoms with Gasteiger partial charge < -0.3 is 9.31 Å². The fourth-order valence-electron chi connectivity index (χ4n) is 0.499. The zero-order valence-electron chi connectivity index (χ0n) is 5.52. The van der Waals surface area contributed by atoms with Crippen molar-refractivity contribution in [2.24, 2.45) is 0 Å². The predicted molar refractivity (Wildman–Crippen MR) is 34.6 cm³/mol. The minimum Gasteiger partial charge on any atom is -0.414 e. The lowest BCUT2D eigenvalue weighted by Crippen LogP contribution is -2.17. The minimum atomic E-state index is -0.0625. The lowest BCUT2D eigenvalue weighted by atomic mass is 9.83. The standard InChI is InChI=1S/C5H12BO2/c1-4-5-6(7-2)8-3/h1,4-5H2,2-3H3. The lowest BCUT2D eigenvalue weighted by Gasteiger charge is -2.04. The second-order valence-electron chi connectivity index (χ2n) is 1.54. The summed E-state index contributed by atoms with van der Waals surface area (Å²) in [6.45, 7) is 3.66. The molecular weight excluding hydrogens is 103 g/mol. The first-order chi connectivity index (χ1) is 3.85. The molecule has 1 radical (unpaired) electrons. The van der Waals surface area contributed by atoms with Gasteiger partial charge in [0.05, 0.1) is 0 Å². The summed E-state index contributed by atoms with van der Waals surface area (Å²) in [5.74, 6) is 0. The van der Waals surface area contributed by atoms with Crippen LogP contribution in [0.5, 0.6) is 0 Å². The van der Waals surface area contributed by atoms with Crippen molar-refractivity contribution in [3.05, 3.63) is 6.92 Å². The molecule has 0 bridgehead atoms. The molecule has 0 aliphatic carbocycles. The molecule has 8 heavy (non-hydrogen) atoms. The van der Waals surface area contributed by atoms with Crippen LogP contribution in [0.4, 0.5) is 0 Å². The van der Waals surface area contributed by atoms with Crippen molar-refractivity contribution in [1.82, 2.24) is 0 Å². The average Bonchev–Trinajstić information content (AvgIpc) is 1.83. The Morgan fingerprint density at radius 1 is 1.38 bits per heavy atom. The molecule has 0 spiro atoms. The largest absolute Gasteiger partial charge is 0.456 e. The van der Waals surface area contributed by atoms with Crippen LogP contribution in [0.15, 0.2) is 0 Å². The van der Waals surface area contributed by atoms with Crippen molar-refractivity contribution in [3.63, 3.8) is 0 Å². The molecule has 0 aliphatic heterocycles. The van der Waals surface area contributed by atoms with E-state index in [4.69, 9.17) is 9.31 Å². The van der Waals surface area contributed by atoms with E-state index in [1.807, 2.05) is 0 Å². The van der Waals surface area contributed by atoms with E-state index >= 15 is 0 Å². The van der Waals surface area contributed by atoms with E-state index in [-0.39, 0.29) is 7.12 Å². The van der Waals surface area contributed by atoms with Gasteiger partial charge in [-0.3, -0.25) is 0 Å². The fourth-order valence-corrected chi connectivity index (χ4v) is 0.499. The van der Waals surface area contributed by atoms with Gasteiger partial charge in [-0.1, -0.05) is 13.3 Å². The van der Waals surface area contributed by atoms with E-state index in [1.54, 1.807) is 14.2 Å². The molecule has 0 heterocycles. The molecule has 0 atom stereocenters. The molecule has 0 aromatic rings. The van der Waals surface area contributed by atoms with Crippen LogP contribution >= 0.6 is 0 Å². The molecule has 2 nitrogen and oxygen atoms in total. The molecule has 0 aromatic heterocycles. The number of hydrogen-bond acceptors (Lipinski definition) is 2. The van der Waals surface area contributed by atoms with E-state index < -0.39 is 0 Å². The molecule has 0 fully saturated rings. The van der Waals surface area contributed by atoms with Crippen molar-refractivity contribution in [3.8, 4) is 0 Å². The topological polar surface area (TPSA) is 18.5 Å². The molecule has 3 heteroatoms. The molecule has 0 aromatic carbocycles. The number of hydrogen-bond donors (Lipinski definition) is 0. The van der Waals surface area contributed by atoms with Crippen LogP contribution in [0.25, 0.3) is 0 Å². The molecule has 0 amide bonds. The Hall–Kier alpha value is -0.0151. The van der Waals surface area contributed by atoms with Crippen LogP contribution in [0.1, 0.15) is 6.42 Å². The Morgan fingerprint density at radius 2 is 1.88 bits per heavy atom. The summed E-state index contributed by atoms with van der Waals surface area (Å²) >= 11 is 0. The van der Waals surface area contributed by atoms with E-state index in [9.17, 15) is 0 Å². The van der Waals surface area contributed by atoms with Gasteiger partial charge in [-0.25, -0.2) is 0 Å². The van der Waals surface area contributed by atoms with Gasteiger partial charge in [0.25, 0.3) is 0 Å². The highest BCUT2D eigenvalue weighted by molar-refractivity contribution is 6.44. The normalized spacial score (nSPS) is 9.38. The van der Waals surface area contributed by atoms with Crippen molar-refractivity contribution in [2.75, 3.05) is 14.2 Å². The van der Waals surface area contributed by atoms with Crippen molar-refractivity contribution < 1.29 is 9.31 Å². The molecular formula is C5H12BO2. The summed E-state index contributed by atoms with van der Waals surface area (Å²) in [4.78, 5) is 0. The monoisotopic (exact) mass is 115 g/mol. The van der Waals surface area contributed by atoms with Gasteiger partial charge in [-0.15, -0.1) is 0 Å². The Labute approximate surface area is 51.3 Å². The number of rotatable bonds is 4. The van der Waals surface area contributed by atoms with Crippen LogP contribution in [0.3, 0.4) is 0 Å². The lowest BCUT2D eigenvalue weighted by molar-refractivity contribution is 0.278. The summed E-state index contributed by atoms with van der Waals surface area (Å²) in [6.07, 6.45) is 1.72. The molecule has 0 aliphatic rings. The summed E-state index contributed by atoms with van der Waals surface area (Å²) < 4.78 is 9.76. The molecule has 0 N–H and O–H groups in total. The highest BCUT2D eigenvalue weighted by Crippen LogP contribution is 1.96. The summed E-state index contributed by atoms with van der Waals surface area (Å²) in [5, 5.41) is 0. The second kappa shape index (κ2) is 5.13. The van der Waals surface area contributed by atoms with Crippen LogP contribution in [-0.2, 0) is 9.31 Å². The zero-order valence-corrected chi connectivity index (χ0v) is 5.52. The first kappa shape index (κ1) is 7.98. The Morgan fingerprint density at radius 3 is 2.00 bits per heavy atom. The van der Waals surface area contributed by atoms with Crippen LogP contribution < -0.4 is 0 Å². The zero-order chi connectivity index (χ0) is 6.41. The van der Waals surface area contributed by atoms with Gasteiger partial charge in [-0.2, -0.15) is 0 Å². The third kappa shape index (κ3) is 3.05. The van der Waals surface area contributed by atoms with Crippen LogP contribution in [0.2, 0.25) is 6.32 Å². The van der Waals surface area contributed by atoms with Crippen LogP contribution in [0, 0.1) is 6.92 Å². The maximum atomic E-state index is 4.88. The van der Waals surface area contributed by atoms with Crippen LogP contribution in [-0.4, -0.2) is 21.3 Å². The van der Waals surface area contributed by atoms with Crippen molar-refractivity contribution in [1.29, 1.82) is 0 Å². The van der Waals surface area contributed by atoms with Crippen molar-refractivity contribution >= 4 is 7.12 Å². The van der Waals surface area contributed by atoms with Gasteiger partial charge in [0.15, 0.2) is 0 Å². The van der Waals surface area contributed by atoms with E-state index in [0.717, 1.165) is 12.7 Å². The minimum absolute atomic E-state index is 0.0625. The molecule has 0 saturated carbocycles. The first-order valence-corrected chi connectivity index (χ1v) is 2.70. The van der Waals surface area contributed by atoms with Gasteiger partial charge in [0.1, 0.15) is 0 Å². The SMILES string of the molecule is [CH2]CCB(OC)OC. The summed E-state index contributed by atoms with van der Waals surface area (Å²) in [7, 11) is 3.20. The van der Waals surface area contributed by atoms with Crippen molar-refractivity contribution in [2.45, 2.75) is 12.7 Å². The third-order valence-electron chi connectivity index (χ3n) is 0.966. The second-order valence-corrected chi connectivity index (χ2v) is 1.54. The van der Waals surface area contributed by atoms with E-state index in [1.165, 1.54) is 0 Å². The third-order valence-corrected chi connectivity index (χ3v) is 0.966. The first-order valence-electron chi connectivity index (χ1n) is 2.70. The maximum absolute atomic E-state index is 4.88. The highest BCUT2D eigenvalue weighted by atomic mass is 16.6. The molecule has 0 unspecified atom stereocenters. The Balaban J connectivity index is 3.07. The van der Waals surface area contributed by atoms with Gasteiger partial charge in [0, 0.05) is 14.2 Å². The van der Waals surface area contributed by atoms with Gasteiger partial charge in [-0.05, 0) is 6.32 Å². The Bertz CT molecular complexity index is 45.7. The van der Waals surface area contributed by atoms with Gasteiger partial charge in [0.2, 0.25) is 0 Å². The summed E-state index contributed by atoms with van der Waals surface area (Å²) in [5.41, 5.74) is 0. The molecule has 0 rings (SSSR count). The smallest absolute Gasteiger partial charge is 0.414 e. The average molecular weight is 115 g/mol. The highest BCUT2D eigenvalue weighted by Gasteiger charge is 2.10. The molecule has 47 valence electrons.